The van der Waals surface area contributed by atoms with Gasteiger partial charge < -0.3 is 14.6 Å². The minimum atomic E-state index is -1.02. The number of carbonyl (C=O) groups excluding carboxylic acids is 1. The SMILES string of the molecule is CCOc1ccc([C@H]2C(C(=O)OC(C)C)=C(C)N=c3s/c(=C/c4ccc(C(=O)O)cc4)c(=O)n32)cc1. The van der Waals surface area contributed by atoms with E-state index in [-0.39, 0.29) is 17.2 Å². The Labute approximate surface area is 211 Å². The van der Waals surface area contributed by atoms with E-state index in [9.17, 15) is 14.4 Å². The van der Waals surface area contributed by atoms with Crippen LogP contribution in [0.1, 0.15) is 55.2 Å². The van der Waals surface area contributed by atoms with Crippen LogP contribution in [0.4, 0.5) is 0 Å². The van der Waals surface area contributed by atoms with E-state index < -0.39 is 18.0 Å². The van der Waals surface area contributed by atoms with E-state index in [4.69, 9.17) is 14.6 Å². The average Bonchev–Trinajstić information content (AvgIpc) is 3.13. The molecule has 0 saturated heterocycles. The molecule has 36 heavy (non-hydrogen) atoms. The Morgan fingerprint density at radius 2 is 1.81 bits per heavy atom. The maximum atomic E-state index is 13.6. The first kappa shape index (κ1) is 25.1. The van der Waals surface area contributed by atoms with Crippen molar-refractivity contribution in [3.63, 3.8) is 0 Å². The highest BCUT2D eigenvalue weighted by Gasteiger charge is 2.33. The molecule has 0 radical (unpaired) electrons. The van der Waals surface area contributed by atoms with Gasteiger partial charge in [0.1, 0.15) is 5.75 Å². The van der Waals surface area contributed by atoms with Gasteiger partial charge in [0.2, 0.25) is 0 Å². The van der Waals surface area contributed by atoms with Gasteiger partial charge in [-0.2, -0.15) is 0 Å². The van der Waals surface area contributed by atoms with Crippen LogP contribution in [0.2, 0.25) is 0 Å². The number of ether oxygens (including phenoxy) is 2. The monoisotopic (exact) mass is 506 g/mol. The molecule has 0 unspecified atom stereocenters. The van der Waals surface area contributed by atoms with E-state index in [0.29, 0.717) is 38.5 Å². The van der Waals surface area contributed by atoms with Gasteiger partial charge in [0.15, 0.2) is 4.80 Å². The van der Waals surface area contributed by atoms with Crippen LogP contribution in [0, 0.1) is 0 Å². The number of thiazole rings is 1. The minimum absolute atomic E-state index is 0.160. The maximum Gasteiger partial charge on any atom is 0.338 e. The molecule has 4 rings (SSSR count). The first-order valence-corrected chi connectivity index (χ1v) is 12.3. The minimum Gasteiger partial charge on any atom is -0.494 e. The van der Waals surface area contributed by atoms with Gasteiger partial charge in [0.05, 0.1) is 40.1 Å². The Hall–Kier alpha value is -3.98. The van der Waals surface area contributed by atoms with E-state index in [1.54, 1.807) is 51.1 Å². The summed E-state index contributed by atoms with van der Waals surface area (Å²) < 4.78 is 13.0. The quantitative estimate of drug-likeness (QED) is 0.493. The summed E-state index contributed by atoms with van der Waals surface area (Å²) in [5.74, 6) is -0.860. The standard InChI is InChI=1S/C27H26N2O6S/c1-5-34-20-12-10-18(11-13-20)23-22(26(33)35-15(2)3)16(4)28-27-29(23)24(30)21(36-27)14-17-6-8-19(9-7-17)25(31)32/h6-15,23H,5H2,1-4H3,(H,31,32)/b21-14+/t23-/m0/s1. The van der Waals surface area contributed by atoms with Crippen LogP contribution >= 0.6 is 11.3 Å². The summed E-state index contributed by atoms with van der Waals surface area (Å²) in [6.45, 7) is 7.69. The van der Waals surface area contributed by atoms with Crippen molar-refractivity contribution in [2.75, 3.05) is 6.61 Å². The zero-order chi connectivity index (χ0) is 26.0. The highest BCUT2D eigenvalue weighted by molar-refractivity contribution is 7.07. The van der Waals surface area contributed by atoms with Gasteiger partial charge in [-0.3, -0.25) is 9.36 Å². The fourth-order valence-corrected chi connectivity index (χ4v) is 5.01. The summed E-state index contributed by atoms with van der Waals surface area (Å²) in [6, 6.07) is 12.8. The lowest BCUT2D eigenvalue weighted by Crippen LogP contribution is -2.40. The lowest BCUT2D eigenvalue weighted by molar-refractivity contribution is -0.143. The zero-order valence-electron chi connectivity index (χ0n) is 20.3. The molecular formula is C27H26N2O6S. The average molecular weight is 507 g/mol. The van der Waals surface area contributed by atoms with Crippen molar-refractivity contribution in [2.45, 2.75) is 39.8 Å². The molecule has 9 heteroatoms. The Morgan fingerprint density at radius 3 is 2.39 bits per heavy atom. The number of hydrogen-bond donors (Lipinski definition) is 1. The number of carboxylic acids is 1. The van der Waals surface area contributed by atoms with Gasteiger partial charge in [-0.05, 0) is 69.2 Å². The molecule has 1 N–H and O–H groups in total. The third-order valence-corrected chi connectivity index (χ3v) is 6.53. The molecule has 2 heterocycles. The van der Waals surface area contributed by atoms with Crippen molar-refractivity contribution in [1.29, 1.82) is 0 Å². The summed E-state index contributed by atoms with van der Waals surface area (Å²) >= 11 is 1.21. The van der Waals surface area contributed by atoms with Gasteiger partial charge in [-0.15, -0.1) is 0 Å². The molecular weight excluding hydrogens is 480 g/mol. The molecule has 2 aromatic carbocycles. The van der Waals surface area contributed by atoms with Crippen LogP contribution in [0.5, 0.6) is 5.75 Å². The molecule has 186 valence electrons. The number of aromatic nitrogens is 1. The summed E-state index contributed by atoms with van der Waals surface area (Å²) in [6.07, 6.45) is 1.35. The van der Waals surface area contributed by atoms with Gasteiger partial charge in [0, 0.05) is 0 Å². The number of fused-ring (bicyclic) bond motifs is 1. The fraction of sp³-hybridized carbons (Fsp3) is 0.259. The van der Waals surface area contributed by atoms with E-state index in [1.807, 2.05) is 19.1 Å². The largest absolute Gasteiger partial charge is 0.494 e. The van der Waals surface area contributed by atoms with Crippen molar-refractivity contribution in [3.05, 3.63) is 96.2 Å². The number of carbonyl (C=O) groups is 2. The van der Waals surface area contributed by atoms with Crippen molar-refractivity contribution >= 4 is 29.4 Å². The number of rotatable bonds is 7. The molecule has 3 aromatic rings. The Balaban J connectivity index is 1.88. The third-order valence-electron chi connectivity index (χ3n) is 5.55. The first-order chi connectivity index (χ1) is 17.2. The highest BCUT2D eigenvalue weighted by atomic mass is 32.1. The van der Waals surface area contributed by atoms with Crippen LogP contribution < -0.4 is 19.6 Å². The highest BCUT2D eigenvalue weighted by Crippen LogP contribution is 2.32. The van der Waals surface area contributed by atoms with E-state index in [2.05, 4.69) is 4.99 Å². The molecule has 1 atom stereocenters. The molecule has 0 aliphatic carbocycles. The summed E-state index contributed by atoms with van der Waals surface area (Å²) in [5.41, 5.74) is 2.05. The number of benzene rings is 2. The predicted molar refractivity (Wildman–Crippen MR) is 136 cm³/mol. The van der Waals surface area contributed by atoms with Crippen molar-refractivity contribution in [3.8, 4) is 5.75 Å². The van der Waals surface area contributed by atoms with E-state index in [0.717, 1.165) is 5.56 Å². The molecule has 0 fully saturated rings. The zero-order valence-corrected chi connectivity index (χ0v) is 21.2. The first-order valence-electron chi connectivity index (χ1n) is 11.5. The third kappa shape index (κ3) is 5.01. The number of esters is 1. The second-order valence-electron chi connectivity index (χ2n) is 8.47. The fourth-order valence-electron chi connectivity index (χ4n) is 3.96. The number of allylic oxidation sites excluding steroid dienone is 1. The number of carboxylic acid groups (broad SMARTS) is 1. The van der Waals surface area contributed by atoms with Crippen LogP contribution in [-0.4, -0.2) is 34.3 Å². The van der Waals surface area contributed by atoms with Crippen molar-refractivity contribution in [1.82, 2.24) is 4.57 Å². The number of aromatic carboxylic acids is 1. The summed E-state index contributed by atoms with van der Waals surface area (Å²) in [5, 5.41) is 9.13. The molecule has 8 nitrogen and oxygen atoms in total. The summed E-state index contributed by atoms with van der Waals surface area (Å²) in [4.78, 5) is 43.0. The topological polar surface area (TPSA) is 107 Å². The van der Waals surface area contributed by atoms with Crippen molar-refractivity contribution < 1.29 is 24.2 Å². The molecule has 0 saturated carbocycles. The maximum absolute atomic E-state index is 13.6. The van der Waals surface area contributed by atoms with Gasteiger partial charge in [-0.1, -0.05) is 35.6 Å². The van der Waals surface area contributed by atoms with E-state index >= 15 is 0 Å². The van der Waals surface area contributed by atoms with Crippen LogP contribution in [0.15, 0.2) is 69.6 Å². The van der Waals surface area contributed by atoms with Crippen LogP contribution in [-0.2, 0) is 9.53 Å². The van der Waals surface area contributed by atoms with Gasteiger partial charge in [0.25, 0.3) is 5.56 Å². The normalized spacial score (nSPS) is 15.5. The molecule has 0 amide bonds. The van der Waals surface area contributed by atoms with Crippen LogP contribution in [0.25, 0.3) is 6.08 Å². The number of nitrogens with zero attached hydrogens (tertiary/aromatic N) is 2. The lowest BCUT2D eigenvalue weighted by atomic mass is 9.96. The van der Waals surface area contributed by atoms with E-state index in [1.165, 1.54) is 28.0 Å². The predicted octanol–water partition coefficient (Wildman–Crippen LogP) is 3.28. The molecule has 1 aliphatic rings. The molecule has 1 aromatic heterocycles. The number of hydrogen-bond acceptors (Lipinski definition) is 7. The molecule has 1 aliphatic heterocycles. The second kappa shape index (κ2) is 10.3. The smallest absolute Gasteiger partial charge is 0.338 e. The van der Waals surface area contributed by atoms with Gasteiger partial charge in [-0.25, -0.2) is 14.6 Å². The Morgan fingerprint density at radius 1 is 1.14 bits per heavy atom. The van der Waals surface area contributed by atoms with Crippen molar-refractivity contribution in [2.24, 2.45) is 4.99 Å². The van der Waals surface area contributed by atoms with Gasteiger partial charge >= 0.3 is 11.9 Å². The molecule has 0 spiro atoms. The summed E-state index contributed by atoms with van der Waals surface area (Å²) in [7, 11) is 0. The lowest BCUT2D eigenvalue weighted by Gasteiger charge is -2.25. The Bertz CT molecular complexity index is 1510. The Kier molecular flexibility index (Phi) is 7.21. The molecule has 0 bridgehead atoms. The van der Waals surface area contributed by atoms with Crippen LogP contribution in [0.3, 0.4) is 0 Å². The second-order valence-corrected chi connectivity index (χ2v) is 9.47.